The van der Waals surface area contributed by atoms with E-state index in [1.165, 1.54) is 12.1 Å². The van der Waals surface area contributed by atoms with Crippen molar-refractivity contribution in [2.75, 3.05) is 13.2 Å². The summed E-state index contributed by atoms with van der Waals surface area (Å²) in [5.41, 5.74) is 0.0762. The van der Waals surface area contributed by atoms with Crippen LogP contribution in [0.1, 0.15) is 12.8 Å². The first kappa shape index (κ1) is 12.4. The summed E-state index contributed by atoms with van der Waals surface area (Å²) < 4.78 is 23.9. The van der Waals surface area contributed by atoms with Gasteiger partial charge in [0.05, 0.1) is 6.10 Å². The van der Waals surface area contributed by atoms with E-state index in [9.17, 15) is 4.39 Å². The molecular formula is C11H14BFO4. The van der Waals surface area contributed by atoms with E-state index in [4.69, 9.17) is 19.5 Å². The molecule has 6 heteroatoms. The molecule has 0 bridgehead atoms. The van der Waals surface area contributed by atoms with Crippen molar-refractivity contribution in [3.8, 4) is 5.75 Å². The summed E-state index contributed by atoms with van der Waals surface area (Å²) in [6, 6.07) is 3.67. The molecule has 17 heavy (non-hydrogen) atoms. The van der Waals surface area contributed by atoms with Crippen molar-refractivity contribution >= 4 is 12.6 Å². The molecule has 1 aliphatic heterocycles. The summed E-state index contributed by atoms with van der Waals surface area (Å²) in [5.74, 6) is -0.276. The molecule has 1 aromatic rings. The Labute approximate surface area is 99.1 Å². The number of hydrogen-bond donors (Lipinski definition) is 2. The zero-order valence-electron chi connectivity index (χ0n) is 9.30. The zero-order chi connectivity index (χ0) is 12.3. The Kier molecular flexibility index (Phi) is 3.99. The zero-order valence-corrected chi connectivity index (χ0v) is 9.30. The van der Waals surface area contributed by atoms with Crippen LogP contribution in [-0.2, 0) is 4.74 Å². The lowest BCUT2D eigenvalue weighted by atomic mass is 9.80. The number of halogens is 1. The highest BCUT2D eigenvalue weighted by atomic mass is 19.1. The van der Waals surface area contributed by atoms with Crippen LogP contribution in [-0.4, -0.2) is 36.5 Å². The number of ether oxygens (including phenoxy) is 2. The quantitative estimate of drug-likeness (QED) is 0.731. The molecule has 1 aromatic carbocycles. The summed E-state index contributed by atoms with van der Waals surface area (Å²) in [6.07, 6.45) is 1.99. The lowest BCUT2D eigenvalue weighted by Crippen LogP contribution is -2.30. The molecule has 92 valence electrons. The van der Waals surface area contributed by atoms with E-state index in [1.807, 2.05) is 0 Å². The maximum absolute atomic E-state index is 13.2. The van der Waals surface area contributed by atoms with E-state index >= 15 is 0 Å². The predicted octanol–water partition coefficient (Wildman–Crippen LogP) is 0.0633. The second-order valence-electron chi connectivity index (χ2n) is 4.04. The fourth-order valence-electron chi connectivity index (χ4n) is 1.78. The summed E-state index contributed by atoms with van der Waals surface area (Å²) in [7, 11) is -1.70. The van der Waals surface area contributed by atoms with Gasteiger partial charge in [0.25, 0.3) is 0 Å². The van der Waals surface area contributed by atoms with Gasteiger partial charge in [0.2, 0.25) is 0 Å². The van der Waals surface area contributed by atoms with Gasteiger partial charge in [-0.2, -0.15) is 0 Å². The number of hydrogen-bond acceptors (Lipinski definition) is 4. The predicted molar refractivity (Wildman–Crippen MR) is 60.7 cm³/mol. The summed E-state index contributed by atoms with van der Waals surface area (Å²) in [6.45, 7) is 1.09. The first-order valence-corrected chi connectivity index (χ1v) is 5.56. The third-order valence-corrected chi connectivity index (χ3v) is 2.65. The molecule has 0 radical (unpaired) electrons. The van der Waals surface area contributed by atoms with Crippen LogP contribution >= 0.6 is 0 Å². The normalized spacial score (nSPS) is 19.4. The summed E-state index contributed by atoms with van der Waals surface area (Å²) in [5, 5.41) is 17.9. The number of benzene rings is 1. The lowest BCUT2D eigenvalue weighted by Gasteiger charge is -2.12. The van der Waals surface area contributed by atoms with Gasteiger partial charge in [-0.15, -0.1) is 0 Å². The smallest absolute Gasteiger partial charge is 0.488 e. The van der Waals surface area contributed by atoms with Gasteiger partial charge in [0.1, 0.15) is 18.2 Å². The van der Waals surface area contributed by atoms with Gasteiger partial charge in [-0.05, 0) is 30.4 Å². The largest absolute Gasteiger partial charge is 0.491 e. The van der Waals surface area contributed by atoms with E-state index in [0.717, 1.165) is 25.5 Å². The van der Waals surface area contributed by atoms with Crippen molar-refractivity contribution in [1.82, 2.24) is 0 Å². The van der Waals surface area contributed by atoms with E-state index in [1.54, 1.807) is 0 Å². The van der Waals surface area contributed by atoms with Gasteiger partial charge in [0.15, 0.2) is 0 Å². The lowest BCUT2D eigenvalue weighted by molar-refractivity contribution is 0.0679. The van der Waals surface area contributed by atoms with E-state index in [0.29, 0.717) is 6.61 Å². The topological polar surface area (TPSA) is 58.9 Å². The first-order chi connectivity index (χ1) is 8.15. The van der Waals surface area contributed by atoms with Crippen molar-refractivity contribution in [1.29, 1.82) is 0 Å². The van der Waals surface area contributed by atoms with Crippen LogP contribution < -0.4 is 10.2 Å². The van der Waals surface area contributed by atoms with E-state index in [-0.39, 0.29) is 17.3 Å². The third-order valence-electron chi connectivity index (χ3n) is 2.65. The van der Waals surface area contributed by atoms with Crippen molar-refractivity contribution in [2.24, 2.45) is 0 Å². The van der Waals surface area contributed by atoms with Crippen molar-refractivity contribution < 1.29 is 23.9 Å². The highest BCUT2D eigenvalue weighted by Crippen LogP contribution is 2.16. The average molecular weight is 240 g/mol. The van der Waals surface area contributed by atoms with Gasteiger partial charge >= 0.3 is 7.12 Å². The van der Waals surface area contributed by atoms with Gasteiger partial charge in [-0.3, -0.25) is 0 Å². The molecule has 2 N–H and O–H groups in total. The molecule has 0 spiro atoms. The molecule has 0 aromatic heterocycles. The highest BCUT2D eigenvalue weighted by Gasteiger charge is 2.17. The molecule has 1 atom stereocenters. The molecule has 2 rings (SSSR count). The minimum Gasteiger partial charge on any atom is -0.491 e. The second-order valence-corrected chi connectivity index (χ2v) is 4.04. The summed E-state index contributed by atoms with van der Waals surface area (Å²) in [4.78, 5) is 0. The fraction of sp³-hybridized carbons (Fsp3) is 0.455. The number of rotatable bonds is 4. The average Bonchev–Trinajstić information content (AvgIpc) is 2.78. The first-order valence-electron chi connectivity index (χ1n) is 5.56. The second kappa shape index (κ2) is 5.49. The van der Waals surface area contributed by atoms with Gasteiger partial charge in [0, 0.05) is 12.7 Å². The van der Waals surface area contributed by atoms with Crippen LogP contribution in [0.4, 0.5) is 4.39 Å². The highest BCUT2D eigenvalue weighted by molar-refractivity contribution is 6.58. The van der Waals surface area contributed by atoms with Crippen LogP contribution in [0, 0.1) is 5.82 Å². The van der Waals surface area contributed by atoms with Crippen LogP contribution in [0.15, 0.2) is 18.2 Å². The minimum atomic E-state index is -1.70. The van der Waals surface area contributed by atoms with Gasteiger partial charge in [-0.25, -0.2) is 4.39 Å². The molecule has 1 heterocycles. The molecule has 1 saturated heterocycles. The Morgan fingerprint density at radius 3 is 2.88 bits per heavy atom. The molecule has 0 aliphatic carbocycles. The SMILES string of the molecule is OB(O)c1cc(F)cc(OCC2CCCO2)c1. The Balaban J connectivity index is 1.99. The van der Waals surface area contributed by atoms with Crippen molar-refractivity contribution in [3.63, 3.8) is 0 Å². The monoisotopic (exact) mass is 240 g/mol. The maximum Gasteiger partial charge on any atom is 0.488 e. The van der Waals surface area contributed by atoms with Crippen molar-refractivity contribution in [3.05, 3.63) is 24.0 Å². The van der Waals surface area contributed by atoms with Crippen LogP contribution in [0.3, 0.4) is 0 Å². The van der Waals surface area contributed by atoms with Crippen LogP contribution in [0.5, 0.6) is 5.75 Å². The fourth-order valence-corrected chi connectivity index (χ4v) is 1.78. The Hall–Kier alpha value is -1.11. The molecule has 0 saturated carbocycles. The van der Waals surface area contributed by atoms with Crippen LogP contribution in [0.2, 0.25) is 0 Å². The molecule has 1 unspecified atom stereocenters. The van der Waals surface area contributed by atoms with E-state index in [2.05, 4.69) is 0 Å². The van der Waals surface area contributed by atoms with Crippen LogP contribution in [0.25, 0.3) is 0 Å². The molecular weight excluding hydrogens is 226 g/mol. The molecule has 1 aliphatic rings. The Morgan fingerprint density at radius 2 is 2.24 bits per heavy atom. The molecule has 1 fully saturated rings. The molecule has 0 amide bonds. The Bertz CT molecular complexity index is 380. The van der Waals surface area contributed by atoms with E-state index < -0.39 is 12.9 Å². The van der Waals surface area contributed by atoms with Gasteiger partial charge in [-0.1, -0.05) is 0 Å². The third kappa shape index (κ3) is 3.42. The Morgan fingerprint density at radius 1 is 1.41 bits per heavy atom. The standard InChI is InChI=1S/C11H14BFO4/c13-9-4-8(12(14)15)5-11(6-9)17-7-10-2-1-3-16-10/h4-6,10,14-15H,1-3,7H2. The maximum atomic E-state index is 13.2. The van der Waals surface area contributed by atoms with Crippen molar-refractivity contribution in [2.45, 2.75) is 18.9 Å². The summed E-state index contributed by atoms with van der Waals surface area (Å²) >= 11 is 0. The molecule has 4 nitrogen and oxygen atoms in total. The minimum absolute atomic E-state index is 0.0424. The van der Waals surface area contributed by atoms with Gasteiger partial charge < -0.3 is 19.5 Å².